The second kappa shape index (κ2) is 9.10. The maximum absolute atomic E-state index is 12.5. The van der Waals surface area contributed by atoms with Gasteiger partial charge in [-0.05, 0) is 6.42 Å². The number of rotatable bonds is 7. The van der Waals surface area contributed by atoms with Crippen molar-refractivity contribution in [3.05, 3.63) is 0 Å². The van der Waals surface area contributed by atoms with Crippen molar-refractivity contribution in [2.45, 2.75) is 19.8 Å². The molecule has 0 aromatic heterocycles. The maximum atomic E-state index is 12.5. The fourth-order valence-electron chi connectivity index (χ4n) is 2.91. The zero-order valence-electron chi connectivity index (χ0n) is 14.8. The molecule has 0 aliphatic carbocycles. The Balaban J connectivity index is 1.80. The van der Waals surface area contributed by atoms with Crippen LogP contribution in [-0.4, -0.2) is 105 Å². The second-order valence-electron chi connectivity index (χ2n) is 6.35. The summed E-state index contributed by atoms with van der Waals surface area (Å²) in [6, 6.07) is 0. The fraction of sp³-hybridized carbons (Fsp3) is 0.933. The molecule has 2 aliphatic heterocycles. The Hall–Kier alpha value is -0.740. The van der Waals surface area contributed by atoms with Gasteiger partial charge in [-0.3, -0.25) is 9.69 Å². The van der Waals surface area contributed by atoms with Crippen molar-refractivity contribution in [1.82, 2.24) is 18.4 Å². The number of unbranched alkanes of at least 4 members (excludes halogenated alkanes) is 1. The molecule has 2 fully saturated rings. The van der Waals surface area contributed by atoms with E-state index >= 15 is 0 Å². The third-order valence-corrected chi connectivity index (χ3v) is 6.59. The highest BCUT2D eigenvalue weighted by atomic mass is 32.2. The van der Waals surface area contributed by atoms with Crippen LogP contribution in [0, 0.1) is 0 Å². The first-order valence-corrected chi connectivity index (χ1v) is 10.1. The van der Waals surface area contributed by atoms with Gasteiger partial charge in [-0.15, -0.1) is 0 Å². The van der Waals surface area contributed by atoms with E-state index in [-0.39, 0.29) is 5.91 Å². The number of hydrogen-bond donors (Lipinski definition) is 0. The number of amides is 1. The summed E-state index contributed by atoms with van der Waals surface area (Å²) < 4.78 is 33.2. The lowest BCUT2D eigenvalue weighted by molar-refractivity contribution is -0.134. The number of carbonyl (C=O) groups excluding carboxylic acids is 1. The van der Waals surface area contributed by atoms with Crippen molar-refractivity contribution in [1.29, 1.82) is 0 Å². The Labute approximate surface area is 145 Å². The number of hydrogen-bond acceptors (Lipinski definition) is 5. The van der Waals surface area contributed by atoms with Crippen molar-refractivity contribution in [2.24, 2.45) is 0 Å². The van der Waals surface area contributed by atoms with Crippen LogP contribution < -0.4 is 0 Å². The highest BCUT2D eigenvalue weighted by Gasteiger charge is 2.31. The van der Waals surface area contributed by atoms with Crippen LogP contribution >= 0.6 is 0 Å². The first-order valence-electron chi connectivity index (χ1n) is 8.74. The number of ether oxygens (including phenoxy) is 1. The molecule has 0 bridgehead atoms. The third-order valence-electron chi connectivity index (χ3n) is 4.60. The van der Waals surface area contributed by atoms with Gasteiger partial charge in [-0.25, -0.2) is 0 Å². The van der Waals surface area contributed by atoms with E-state index in [0.717, 1.165) is 25.9 Å². The van der Waals surface area contributed by atoms with Crippen LogP contribution in [0.4, 0.5) is 0 Å². The molecule has 8 nitrogen and oxygen atoms in total. The molecule has 0 unspecified atom stereocenters. The molecule has 0 aromatic carbocycles. The van der Waals surface area contributed by atoms with E-state index in [1.165, 1.54) is 8.61 Å². The van der Waals surface area contributed by atoms with Crippen molar-refractivity contribution in [3.8, 4) is 0 Å². The van der Waals surface area contributed by atoms with E-state index in [0.29, 0.717) is 52.5 Å². The van der Waals surface area contributed by atoms with Gasteiger partial charge in [0.1, 0.15) is 0 Å². The molecule has 2 rings (SSSR count). The predicted molar refractivity (Wildman–Crippen MR) is 91.9 cm³/mol. The normalized spacial score (nSPS) is 21.4. The van der Waals surface area contributed by atoms with Crippen molar-refractivity contribution in [3.63, 3.8) is 0 Å². The molecule has 2 saturated heterocycles. The van der Waals surface area contributed by atoms with Gasteiger partial charge in [0, 0.05) is 52.9 Å². The summed E-state index contributed by atoms with van der Waals surface area (Å²) in [6.07, 6.45) is 1.82. The van der Waals surface area contributed by atoms with E-state index in [9.17, 15) is 13.2 Å². The maximum Gasteiger partial charge on any atom is 0.281 e. The molecule has 140 valence electrons. The zero-order valence-corrected chi connectivity index (χ0v) is 15.6. The molecule has 2 aliphatic rings. The van der Waals surface area contributed by atoms with Gasteiger partial charge in [0.25, 0.3) is 10.2 Å². The lowest BCUT2D eigenvalue weighted by atomic mass is 10.3. The minimum atomic E-state index is -3.41. The smallest absolute Gasteiger partial charge is 0.281 e. The van der Waals surface area contributed by atoms with Crippen LogP contribution in [0.15, 0.2) is 0 Å². The molecule has 0 atom stereocenters. The summed E-state index contributed by atoms with van der Waals surface area (Å²) in [4.78, 5) is 16.2. The Kier molecular flexibility index (Phi) is 7.42. The Morgan fingerprint density at radius 3 is 2.29 bits per heavy atom. The summed E-state index contributed by atoms with van der Waals surface area (Å²) >= 11 is 0. The standard InChI is InChI=1S/C15H30N4O4S/c1-3-4-5-16(2)24(21,22)19-8-6-18(7-9-19)15(20)14-17-10-12-23-13-11-17/h3-14H2,1-2H3. The highest BCUT2D eigenvalue weighted by molar-refractivity contribution is 7.86. The van der Waals surface area contributed by atoms with Crippen molar-refractivity contribution in [2.75, 3.05) is 72.6 Å². The van der Waals surface area contributed by atoms with E-state index in [1.807, 2.05) is 6.92 Å². The van der Waals surface area contributed by atoms with E-state index < -0.39 is 10.2 Å². The predicted octanol–water partition coefficient (Wildman–Crippen LogP) is -0.560. The Morgan fingerprint density at radius 2 is 1.71 bits per heavy atom. The monoisotopic (exact) mass is 362 g/mol. The Bertz CT molecular complexity index is 500. The van der Waals surface area contributed by atoms with E-state index in [2.05, 4.69) is 4.90 Å². The quantitative estimate of drug-likeness (QED) is 0.607. The number of nitrogens with zero attached hydrogens (tertiary/aromatic N) is 4. The first kappa shape index (κ1) is 19.6. The lowest BCUT2D eigenvalue weighted by Crippen LogP contribution is -2.55. The number of piperazine rings is 1. The zero-order chi connectivity index (χ0) is 17.6. The van der Waals surface area contributed by atoms with Gasteiger partial charge in [0.2, 0.25) is 5.91 Å². The largest absolute Gasteiger partial charge is 0.379 e. The molecule has 2 heterocycles. The SMILES string of the molecule is CCCCN(C)S(=O)(=O)N1CCN(C(=O)CN2CCOCC2)CC1. The summed E-state index contributed by atoms with van der Waals surface area (Å²) in [6.45, 7) is 7.54. The van der Waals surface area contributed by atoms with Crippen LogP contribution in [0.3, 0.4) is 0 Å². The average molecular weight is 362 g/mol. The van der Waals surface area contributed by atoms with Crippen LogP contribution in [-0.2, 0) is 19.7 Å². The van der Waals surface area contributed by atoms with Gasteiger partial charge in [-0.1, -0.05) is 13.3 Å². The molecule has 24 heavy (non-hydrogen) atoms. The fourth-order valence-corrected chi connectivity index (χ4v) is 4.29. The average Bonchev–Trinajstić information content (AvgIpc) is 2.60. The molecule has 1 amide bonds. The van der Waals surface area contributed by atoms with Crippen molar-refractivity contribution >= 4 is 16.1 Å². The van der Waals surface area contributed by atoms with Crippen LogP contribution in [0.25, 0.3) is 0 Å². The Morgan fingerprint density at radius 1 is 1.08 bits per heavy atom. The summed E-state index contributed by atoms with van der Waals surface area (Å²) in [5.74, 6) is 0.0771. The van der Waals surface area contributed by atoms with Gasteiger partial charge >= 0.3 is 0 Å². The third kappa shape index (κ3) is 5.13. The molecule has 0 radical (unpaired) electrons. The van der Waals surface area contributed by atoms with E-state index in [4.69, 9.17) is 4.74 Å². The molecule has 9 heteroatoms. The van der Waals surface area contributed by atoms with Crippen LogP contribution in [0.1, 0.15) is 19.8 Å². The van der Waals surface area contributed by atoms with Crippen LogP contribution in [0.2, 0.25) is 0 Å². The lowest BCUT2D eigenvalue weighted by Gasteiger charge is -2.37. The number of carbonyl (C=O) groups is 1. The van der Waals surface area contributed by atoms with Gasteiger partial charge in [0.15, 0.2) is 0 Å². The minimum absolute atomic E-state index is 0.0771. The highest BCUT2D eigenvalue weighted by Crippen LogP contribution is 2.12. The summed E-state index contributed by atoms with van der Waals surface area (Å²) in [5, 5.41) is 0. The number of morpholine rings is 1. The van der Waals surface area contributed by atoms with Crippen molar-refractivity contribution < 1.29 is 17.9 Å². The topological polar surface area (TPSA) is 73.4 Å². The van der Waals surface area contributed by atoms with Crippen LogP contribution in [0.5, 0.6) is 0 Å². The van der Waals surface area contributed by atoms with Gasteiger partial charge in [-0.2, -0.15) is 17.0 Å². The van der Waals surface area contributed by atoms with Gasteiger partial charge in [0.05, 0.1) is 19.8 Å². The summed E-state index contributed by atoms with van der Waals surface area (Å²) in [7, 11) is -1.78. The summed E-state index contributed by atoms with van der Waals surface area (Å²) in [5.41, 5.74) is 0. The van der Waals surface area contributed by atoms with E-state index in [1.54, 1.807) is 11.9 Å². The molecule has 0 N–H and O–H groups in total. The minimum Gasteiger partial charge on any atom is -0.379 e. The molecular weight excluding hydrogens is 332 g/mol. The molecule has 0 saturated carbocycles. The molecular formula is C15H30N4O4S. The molecule has 0 spiro atoms. The van der Waals surface area contributed by atoms with Gasteiger partial charge < -0.3 is 9.64 Å². The molecule has 0 aromatic rings. The second-order valence-corrected chi connectivity index (χ2v) is 8.39. The first-order chi connectivity index (χ1) is 11.4.